The van der Waals surface area contributed by atoms with E-state index in [0.29, 0.717) is 0 Å². The summed E-state index contributed by atoms with van der Waals surface area (Å²) in [5.41, 5.74) is 2.46. The molecule has 2 N–H and O–H groups in total. The van der Waals surface area contributed by atoms with Gasteiger partial charge in [0.05, 0.1) is 6.10 Å². The van der Waals surface area contributed by atoms with Crippen LogP contribution in [0.2, 0.25) is 0 Å². The predicted molar refractivity (Wildman–Crippen MR) is 44.5 cm³/mol. The van der Waals surface area contributed by atoms with Crippen molar-refractivity contribution in [2.24, 2.45) is 0 Å². The van der Waals surface area contributed by atoms with E-state index < -0.39 is 6.10 Å². The summed E-state index contributed by atoms with van der Waals surface area (Å²) in [7, 11) is 0. The quantitative estimate of drug-likeness (QED) is 0.659. The lowest BCUT2D eigenvalue weighted by Crippen LogP contribution is -1.89. The van der Waals surface area contributed by atoms with Crippen molar-refractivity contribution in [3.8, 4) is 0 Å². The standard InChI is InChI=1S/C8H9N3O/c1-5(12)6-2-3-7-8(4-6)10-11-9-7/h2-5,12H,1H3,(H,9,10,11). The molecule has 0 aliphatic rings. The van der Waals surface area contributed by atoms with Gasteiger partial charge in [-0.15, -0.1) is 0 Å². The lowest BCUT2D eigenvalue weighted by atomic mass is 10.1. The van der Waals surface area contributed by atoms with Gasteiger partial charge in [0.15, 0.2) is 0 Å². The van der Waals surface area contributed by atoms with Crippen molar-refractivity contribution in [2.45, 2.75) is 13.0 Å². The second-order valence-electron chi connectivity index (χ2n) is 2.75. The molecule has 0 saturated carbocycles. The Morgan fingerprint density at radius 2 is 2.08 bits per heavy atom. The average Bonchev–Trinajstić information content (AvgIpc) is 2.49. The van der Waals surface area contributed by atoms with Crippen molar-refractivity contribution in [1.29, 1.82) is 0 Å². The van der Waals surface area contributed by atoms with Gasteiger partial charge in [-0.1, -0.05) is 6.07 Å². The van der Waals surface area contributed by atoms with Crippen LogP contribution in [0.4, 0.5) is 0 Å². The van der Waals surface area contributed by atoms with Crippen LogP contribution in [-0.4, -0.2) is 20.5 Å². The van der Waals surface area contributed by atoms with Gasteiger partial charge in [-0.05, 0) is 24.6 Å². The first kappa shape index (κ1) is 7.24. The molecule has 0 aliphatic heterocycles. The van der Waals surface area contributed by atoms with Crippen molar-refractivity contribution < 1.29 is 5.11 Å². The van der Waals surface area contributed by atoms with Crippen molar-refractivity contribution in [2.75, 3.05) is 0 Å². The number of aromatic amines is 1. The number of aliphatic hydroxyl groups excluding tert-OH is 1. The summed E-state index contributed by atoms with van der Waals surface area (Å²) in [4.78, 5) is 0. The summed E-state index contributed by atoms with van der Waals surface area (Å²) >= 11 is 0. The maximum absolute atomic E-state index is 9.26. The molecule has 1 unspecified atom stereocenters. The summed E-state index contributed by atoms with van der Waals surface area (Å²) in [5.74, 6) is 0. The van der Waals surface area contributed by atoms with Crippen LogP contribution in [0, 0.1) is 0 Å². The van der Waals surface area contributed by atoms with Gasteiger partial charge in [0.2, 0.25) is 0 Å². The molecule has 0 fully saturated rings. The van der Waals surface area contributed by atoms with Crippen molar-refractivity contribution in [3.63, 3.8) is 0 Å². The molecular weight excluding hydrogens is 154 g/mol. The summed E-state index contributed by atoms with van der Waals surface area (Å²) < 4.78 is 0. The third kappa shape index (κ3) is 1.06. The van der Waals surface area contributed by atoms with Crippen LogP contribution in [0.3, 0.4) is 0 Å². The molecular formula is C8H9N3O. The molecule has 1 aromatic carbocycles. The monoisotopic (exact) mass is 163 g/mol. The maximum atomic E-state index is 9.26. The van der Waals surface area contributed by atoms with E-state index in [1.54, 1.807) is 6.92 Å². The van der Waals surface area contributed by atoms with Gasteiger partial charge >= 0.3 is 0 Å². The number of rotatable bonds is 1. The molecule has 62 valence electrons. The Morgan fingerprint density at radius 1 is 1.33 bits per heavy atom. The predicted octanol–water partition coefficient (Wildman–Crippen LogP) is 1.01. The highest BCUT2D eigenvalue weighted by Crippen LogP contribution is 2.16. The highest BCUT2D eigenvalue weighted by Gasteiger charge is 2.03. The molecule has 0 amide bonds. The average molecular weight is 163 g/mol. The van der Waals surface area contributed by atoms with Gasteiger partial charge in [-0.2, -0.15) is 15.4 Å². The van der Waals surface area contributed by atoms with Crippen LogP contribution < -0.4 is 0 Å². The minimum atomic E-state index is -0.453. The highest BCUT2D eigenvalue weighted by atomic mass is 16.3. The zero-order valence-corrected chi connectivity index (χ0v) is 6.65. The lowest BCUT2D eigenvalue weighted by molar-refractivity contribution is 0.199. The Kier molecular flexibility index (Phi) is 1.55. The third-order valence-electron chi connectivity index (χ3n) is 1.82. The summed E-state index contributed by atoms with van der Waals surface area (Å²) in [6, 6.07) is 5.50. The second-order valence-corrected chi connectivity index (χ2v) is 2.75. The first-order valence-corrected chi connectivity index (χ1v) is 3.76. The summed E-state index contributed by atoms with van der Waals surface area (Å²) in [5, 5.41) is 19.6. The first-order chi connectivity index (χ1) is 5.77. The normalized spacial score (nSPS) is 13.5. The molecule has 1 heterocycles. The third-order valence-corrected chi connectivity index (χ3v) is 1.82. The number of nitrogens with zero attached hydrogens (tertiary/aromatic N) is 2. The van der Waals surface area contributed by atoms with E-state index in [4.69, 9.17) is 0 Å². The first-order valence-electron chi connectivity index (χ1n) is 3.76. The SMILES string of the molecule is CC(O)c1ccc2n[nH]nc2c1. The van der Waals surface area contributed by atoms with Crippen LogP contribution in [0.5, 0.6) is 0 Å². The molecule has 0 aliphatic carbocycles. The molecule has 12 heavy (non-hydrogen) atoms. The minimum absolute atomic E-state index is 0.453. The molecule has 2 aromatic rings. The van der Waals surface area contributed by atoms with Gasteiger partial charge in [0.25, 0.3) is 0 Å². The lowest BCUT2D eigenvalue weighted by Gasteiger charge is -2.01. The Hall–Kier alpha value is -1.42. The molecule has 0 radical (unpaired) electrons. The number of hydrogen-bond acceptors (Lipinski definition) is 3. The van der Waals surface area contributed by atoms with Crippen LogP contribution >= 0.6 is 0 Å². The number of benzene rings is 1. The van der Waals surface area contributed by atoms with Gasteiger partial charge in [-0.3, -0.25) is 0 Å². The van der Waals surface area contributed by atoms with E-state index in [2.05, 4.69) is 15.4 Å². The number of aliphatic hydroxyl groups is 1. The van der Waals surface area contributed by atoms with Gasteiger partial charge < -0.3 is 5.11 Å². The van der Waals surface area contributed by atoms with Gasteiger partial charge in [0, 0.05) is 0 Å². The van der Waals surface area contributed by atoms with Crippen molar-refractivity contribution in [1.82, 2.24) is 15.4 Å². The Labute approximate surface area is 69.2 Å². The van der Waals surface area contributed by atoms with Crippen LogP contribution in [-0.2, 0) is 0 Å². The molecule has 0 saturated heterocycles. The van der Waals surface area contributed by atoms with E-state index in [9.17, 15) is 5.11 Å². The van der Waals surface area contributed by atoms with E-state index in [1.807, 2.05) is 18.2 Å². The fraction of sp³-hybridized carbons (Fsp3) is 0.250. The maximum Gasteiger partial charge on any atom is 0.113 e. The van der Waals surface area contributed by atoms with Crippen LogP contribution in [0.25, 0.3) is 11.0 Å². The zero-order valence-electron chi connectivity index (χ0n) is 6.65. The molecule has 0 spiro atoms. The molecule has 1 atom stereocenters. The topological polar surface area (TPSA) is 61.8 Å². The Balaban J connectivity index is 2.60. The van der Waals surface area contributed by atoms with Crippen molar-refractivity contribution >= 4 is 11.0 Å². The molecule has 4 heteroatoms. The smallest absolute Gasteiger partial charge is 0.113 e. The van der Waals surface area contributed by atoms with Gasteiger partial charge in [-0.25, -0.2) is 0 Å². The largest absolute Gasteiger partial charge is 0.389 e. The number of fused-ring (bicyclic) bond motifs is 1. The van der Waals surface area contributed by atoms with Crippen LogP contribution in [0.1, 0.15) is 18.6 Å². The minimum Gasteiger partial charge on any atom is -0.389 e. The zero-order chi connectivity index (χ0) is 8.55. The number of hydrogen-bond donors (Lipinski definition) is 2. The molecule has 0 bridgehead atoms. The fourth-order valence-corrected chi connectivity index (χ4v) is 1.12. The van der Waals surface area contributed by atoms with E-state index >= 15 is 0 Å². The van der Waals surface area contributed by atoms with Crippen LogP contribution in [0.15, 0.2) is 18.2 Å². The summed E-state index contributed by atoms with van der Waals surface area (Å²) in [6.07, 6.45) is -0.453. The fourth-order valence-electron chi connectivity index (χ4n) is 1.12. The van der Waals surface area contributed by atoms with E-state index in [1.165, 1.54) is 0 Å². The van der Waals surface area contributed by atoms with E-state index in [0.717, 1.165) is 16.6 Å². The van der Waals surface area contributed by atoms with E-state index in [-0.39, 0.29) is 0 Å². The Morgan fingerprint density at radius 3 is 2.83 bits per heavy atom. The number of H-pyrrole nitrogens is 1. The molecule has 2 rings (SSSR count). The highest BCUT2D eigenvalue weighted by molar-refractivity contribution is 5.74. The summed E-state index contributed by atoms with van der Waals surface area (Å²) in [6.45, 7) is 1.72. The van der Waals surface area contributed by atoms with Crippen molar-refractivity contribution in [3.05, 3.63) is 23.8 Å². The molecule has 1 aromatic heterocycles. The van der Waals surface area contributed by atoms with Gasteiger partial charge in [0.1, 0.15) is 11.0 Å². The Bertz CT molecular complexity index is 394. The number of aromatic nitrogens is 3. The number of nitrogens with one attached hydrogen (secondary N) is 1. The molecule has 4 nitrogen and oxygen atoms in total. The second kappa shape index (κ2) is 2.57.